The minimum atomic E-state index is 0.353. The monoisotopic (exact) mass is 312 g/mol. The number of nitrogens with one attached hydrogen (secondary N) is 1. The minimum Gasteiger partial charge on any atom is -0.370 e. The molecule has 1 unspecified atom stereocenters. The summed E-state index contributed by atoms with van der Waals surface area (Å²) in [6.45, 7) is 7.24. The summed E-state index contributed by atoms with van der Waals surface area (Å²) in [5.41, 5.74) is 8.16. The fourth-order valence-electron chi connectivity index (χ4n) is 2.67. The summed E-state index contributed by atoms with van der Waals surface area (Å²) in [7, 11) is 0. The van der Waals surface area contributed by atoms with Gasteiger partial charge in [-0.15, -0.1) is 0 Å². The number of nitrogens with zero attached hydrogens (tertiary/aromatic N) is 2. The zero-order valence-corrected chi connectivity index (χ0v) is 14.4. The van der Waals surface area contributed by atoms with Gasteiger partial charge in [-0.2, -0.15) is 0 Å². The fraction of sp³-hybridized carbons (Fsp3) is 0.474. The molecule has 23 heavy (non-hydrogen) atoms. The Bertz CT molecular complexity index is 643. The van der Waals surface area contributed by atoms with Crippen molar-refractivity contribution in [2.75, 3.05) is 0 Å². The molecule has 1 heterocycles. The van der Waals surface area contributed by atoms with E-state index in [-0.39, 0.29) is 0 Å². The van der Waals surface area contributed by atoms with Crippen LogP contribution >= 0.6 is 0 Å². The zero-order valence-electron chi connectivity index (χ0n) is 14.4. The third-order valence-electron chi connectivity index (χ3n) is 3.97. The molecule has 4 heteroatoms. The number of aromatic nitrogens is 1. The number of aliphatic imine (C=N–C) groups is 1. The van der Waals surface area contributed by atoms with Crippen LogP contribution in [0.2, 0.25) is 0 Å². The van der Waals surface area contributed by atoms with Gasteiger partial charge in [0, 0.05) is 17.6 Å². The van der Waals surface area contributed by atoms with Crippen molar-refractivity contribution in [2.24, 2.45) is 16.6 Å². The van der Waals surface area contributed by atoms with E-state index in [9.17, 15) is 0 Å². The highest BCUT2D eigenvalue weighted by Crippen LogP contribution is 2.16. The van der Waals surface area contributed by atoms with Crippen molar-refractivity contribution in [3.05, 3.63) is 42.1 Å². The molecule has 0 aliphatic rings. The lowest BCUT2D eigenvalue weighted by molar-refractivity contribution is 0.493. The Morgan fingerprint density at radius 3 is 2.74 bits per heavy atom. The number of nitrogens with two attached hydrogens (primary N) is 1. The van der Waals surface area contributed by atoms with Gasteiger partial charge in [-0.1, -0.05) is 44.9 Å². The Kier molecular flexibility index (Phi) is 6.39. The summed E-state index contributed by atoms with van der Waals surface area (Å²) < 4.78 is 0. The SMILES string of the molecule is CC(C)CCCC(C)NC(N)=NCc1ccnc2ccccc12. The molecular formula is C19H28N4. The third-order valence-corrected chi connectivity index (χ3v) is 3.97. The van der Waals surface area contributed by atoms with Gasteiger partial charge in [0.25, 0.3) is 0 Å². The van der Waals surface area contributed by atoms with E-state index < -0.39 is 0 Å². The van der Waals surface area contributed by atoms with Crippen molar-refractivity contribution >= 4 is 16.9 Å². The van der Waals surface area contributed by atoms with Crippen LogP contribution in [0.1, 0.15) is 45.6 Å². The quantitative estimate of drug-likeness (QED) is 0.603. The number of rotatable bonds is 7. The summed E-state index contributed by atoms with van der Waals surface area (Å²) >= 11 is 0. The number of fused-ring (bicyclic) bond motifs is 1. The molecule has 0 saturated carbocycles. The van der Waals surface area contributed by atoms with E-state index in [1.54, 1.807) is 0 Å². The lowest BCUT2D eigenvalue weighted by atomic mass is 10.0. The van der Waals surface area contributed by atoms with Crippen molar-refractivity contribution < 1.29 is 0 Å². The van der Waals surface area contributed by atoms with Crippen LogP contribution in [0.25, 0.3) is 10.9 Å². The molecule has 2 rings (SSSR count). The first kappa shape index (κ1) is 17.3. The van der Waals surface area contributed by atoms with Crippen LogP contribution in [-0.2, 0) is 6.54 Å². The van der Waals surface area contributed by atoms with E-state index in [0.717, 1.165) is 28.8 Å². The van der Waals surface area contributed by atoms with E-state index >= 15 is 0 Å². The number of pyridine rings is 1. The summed E-state index contributed by atoms with van der Waals surface area (Å²) in [6, 6.07) is 10.5. The molecule has 4 nitrogen and oxygen atoms in total. The molecule has 0 aliphatic heterocycles. The molecule has 1 aromatic heterocycles. The number of guanidine groups is 1. The molecular weight excluding hydrogens is 284 g/mol. The second-order valence-corrected chi connectivity index (χ2v) is 6.56. The van der Waals surface area contributed by atoms with Crippen molar-refractivity contribution in [1.29, 1.82) is 0 Å². The third kappa shape index (κ3) is 5.55. The predicted octanol–water partition coefficient (Wildman–Crippen LogP) is 3.85. The summed E-state index contributed by atoms with van der Waals surface area (Å²) in [4.78, 5) is 8.85. The molecule has 2 aromatic rings. The standard InChI is InChI=1S/C19H28N4/c1-14(2)7-6-8-15(3)23-19(20)22-13-16-11-12-21-18-10-5-4-9-17(16)18/h4-5,9-12,14-15H,6-8,13H2,1-3H3,(H3,20,22,23). The second kappa shape index (κ2) is 8.51. The lowest BCUT2D eigenvalue weighted by Gasteiger charge is -2.15. The summed E-state index contributed by atoms with van der Waals surface area (Å²) in [5.74, 6) is 1.27. The Labute approximate surface area is 139 Å². The summed E-state index contributed by atoms with van der Waals surface area (Å²) in [5, 5.41) is 4.42. The molecule has 0 amide bonds. The molecule has 1 atom stereocenters. The number of benzene rings is 1. The van der Waals surface area contributed by atoms with Gasteiger partial charge in [-0.25, -0.2) is 4.99 Å². The van der Waals surface area contributed by atoms with Crippen LogP contribution in [0, 0.1) is 5.92 Å². The van der Waals surface area contributed by atoms with Gasteiger partial charge in [-0.3, -0.25) is 4.98 Å². The highest BCUT2D eigenvalue weighted by molar-refractivity contribution is 5.82. The molecule has 124 valence electrons. The molecule has 0 spiro atoms. The number of hydrogen-bond donors (Lipinski definition) is 2. The van der Waals surface area contributed by atoms with E-state index in [2.05, 4.69) is 42.1 Å². The molecule has 0 aliphatic carbocycles. The van der Waals surface area contributed by atoms with E-state index in [0.29, 0.717) is 18.5 Å². The Hall–Kier alpha value is -2.10. The first-order chi connectivity index (χ1) is 11.1. The molecule has 0 saturated heterocycles. The minimum absolute atomic E-state index is 0.353. The second-order valence-electron chi connectivity index (χ2n) is 6.56. The highest BCUT2D eigenvalue weighted by Gasteiger charge is 2.05. The maximum absolute atomic E-state index is 6.02. The molecule has 3 N–H and O–H groups in total. The Morgan fingerprint density at radius 2 is 1.96 bits per heavy atom. The van der Waals surface area contributed by atoms with E-state index in [1.165, 1.54) is 12.8 Å². The van der Waals surface area contributed by atoms with Crippen LogP contribution in [0.5, 0.6) is 0 Å². The molecule has 0 radical (unpaired) electrons. The highest BCUT2D eigenvalue weighted by atomic mass is 15.1. The van der Waals surface area contributed by atoms with Crippen molar-refractivity contribution in [3.8, 4) is 0 Å². The smallest absolute Gasteiger partial charge is 0.189 e. The first-order valence-corrected chi connectivity index (χ1v) is 8.45. The maximum Gasteiger partial charge on any atom is 0.189 e. The van der Waals surface area contributed by atoms with Gasteiger partial charge in [0.05, 0.1) is 12.1 Å². The molecule has 1 aromatic carbocycles. The molecule has 0 fully saturated rings. The fourth-order valence-corrected chi connectivity index (χ4v) is 2.67. The van der Waals surface area contributed by atoms with E-state index in [1.807, 2.05) is 30.5 Å². The predicted molar refractivity (Wildman–Crippen MR) is 98.4 cm³/mol. The van der Waals surface area contributed by atoms with Crippen molar-refractivity contribution in [3.63, 3.8) is 0 Å². The van der Waals surface area contributed by atoms with Gasteiger partial charge in [0.2, 0.25) is 0 Å². The largest absolute Gasteiger partial charge is 0.370 e. The number of para-hydroxylation sites is 1. The normalized spacial score (nSPS) is 13.5. The van der Waals surface area contributed by atoms with Gasteiger partial charge >= 0.3 is 0 Å². The maximum atomic E-state index is 6.02. The van der Waals surface area contributed by atoms with Crippen molar-refractivity contribution in [2.45, 2.75) is 52.6 Å². The zero-order chi connectivity index (χ0) is 16.7. The van der Waals surface area contributed by atoms with Crippen LogP contribution in [0.4, 0.5) is 0 Å². The Morgan fingerprint density at radius 1 is 1.17 bits per heavy atom. The van der Waals surface area contributed by atoms with Crippen LogP contribution in [-0.4, -0.2) is 17.0 Å². The average molecular weight is 312 g/mol. The van der Waals surface area contributed by atoms with E-state index in [4.69, 9.17) is 5.73 Å². The Balaban J connectivity index is 1.91. The van der Waals surface area contributed by atoms with Crippen LogP contribution in [0.3, 0.4) is 0 Å². The van der Waals surface area contributed by atoms with Crippen LogP contribution < -0.4 is 11.1 Å². The van der Waals surface area contributed by atoms with Crippen LogP contribution in [0.15, 0.2) is 41.5 Å². The van der Waals surface area contributed by atoms with Gasteiger partial charge in [0.15, 0.2) is 5.96 Å². The van der Waals surface area contributed by atoms with Gasteiger partial charge < -0.3 is 11.1 Å². The van der Waals surface area contributed by atoms with Gasteiger partial charge in [-0.05, 0) is 37.0 Å². The first-order valence-electron chi connectivity index (χ1n) is 8.45. The topological polar surface area (TPSA) is 63.3 Å². The lowest BCUT2D eigenvalue weighted by Crippen LogP contribution is -2.38. The average Bonchev–Trinajstić information content (AvgIpc) is 2.52. The summed E-state index contributed by atoms with van der Waals surface area (Å²) in [6.07, 6.45) is 5.41. The number of hydrogen-bond acceptors (Lipinski definition) is 2. The van der Waals surface area contributed by atoms with Crippen molar-refractivity contribution in [1.82, 2.24) is 10.3 Å². The molecule has 0 bridgehead atoms. The van der Waals surface area contributed by atoms with Gasteiger partial charge in [0.1, 0.15) is 0 Å².